The Labute approximate surface area is 94.5 Å². The van der Waals surface area contributed by atoms with E-state index in [-0.39, 0.29) is 5.91 Å². The summed E-state index contributed by atoms with van der Waals surface area (Å²) in [5, 5.41) is 3.94. The molecule has 1 N–H and O–H groups in total. The number of hydrogen-bond donors (Lipinski definition) is 1. The van der Waals surface area contributed by atoms with Crippen LogP contribution in [-0.4, -0.2) is 10.9 Å². The summed E-state index contributed by atoms with van der Waals surface area (Å²) in [5.41, 5.74) is 2.01. The van der Waals surface area contributed by atoms with Gasteiger partial charge in [0, 0.05) is 24.5 Å². The first-order chi connectivity index (χ1) is 7.79. The van der Waals surface area contributed by atoms with Crippen molar-refractivity contribution in [3.8, 4) is 0 Å². The number of rotatable bonds is 3. The van der Waals surface area contributed by atoms with E-state index in [9.17, 15) is 4.79 Å². The zero-order chi connectivity index (χ0) is 11.4. The van der Waals surface area contributed by atoms with Crippen molar-refractivity contribution < 1.29 is 4.79 Å². The summed E-state index contributed by atoms with van der Waals surface area (Å²) in [6.45, 7) is 2.39. The lowest BCUT2D eigenvalue weighted by atomic mass is 10.1. The molecule has 0 aliphatic rings. The summed E-state index contributed by atoms with van der Waals surface area (Å²) >= 11 is 0. The molecule has 0 saturated heterocycles. The molecule has 0 radical (unpaired) electrons. The molecule has 3 nitrogen and oxygen atoms in total. The molecule has 1 aromatic heterocycles. The molecule has 2 rings (SSSR count). The molecular weight excluding hydrogens is 200 g/mol. The summed E-state index contributed by atoms with van der Waals surface area (Å²) in [5.74, 6) is 0.0631. The molecule has 3 heteroatoms. The van der Waals surface area contributed by atoms with Gasteiger partial charge in [-0.2, -0.15) is 0 Å². The van der Waals surface area contributed by atoms with Crippen LogP contribution in [0.2, 0.25) is 0 Å². The van der Waals surface area contributed by atoms with E-state index in [1.165, 1.54) is 0 Å². The maximum Gasteiger partial charge on any atom is 0.219 e. The molecule has 0 saturated carbocycles. The summed E-state index contributed by atoms with van der Waals surface area (Å²) in [7, 11) is 0. The Bertz CT molecular complexity index is 508. The van der Waals surface area contributed by atoms with Gasteiger partial charge in [0.25, 0.3) is 0 Å². The van der Waals surface area contributed by atoms with E-state index in [1.807, 2.05) is 31.2 Å². The largest absolute Gasteiger partial charge is 0.352 e. The highest BCUT2D eigenvalue weighted by molar-refractivity contribution is 5.79. The van der Waals surface area contributed by atoms with Crippen LogP contribution < -0.4 is 5.32 Å². The Hall–Kier alpha value is -1.90. The number of nitrogens with one attached hydrogen (secondary N) is 1. The molecule has 82 valence electrons. The van der Waals surface area contributed by atoms with E-state index >= 15 is 0 Å². The Morgan fingerprint density at radius 3 is 3.00 bits per heavy atom. The van der Waals surface area contributed by atoms with Crippen molar-refractivity contribution in [2.45, 2.75) is 19.9 Å². The number of carbonyl (C=O) groups excluding carboxylic acids is 1. The van der Waals surface area contributed by atoms with Gasteiger partial charge in [0.2, 0.25) is 5.91 Å². The number of nitrogens with zero attached hydrogens (tertiary/aromatic N) is 1. The number of pyridine rings is 1. The lowest BCUT2D eigenvalue weighted by Gasteiger charge is -2.04. The number of para-hydroxylation sites is 1. The number of fused-ring (bicyclic) bond motifs is 1. The lowest BCUT2D eigenvalue weighted by molar-refractivity contribution is -0.120. The standard InChI is InChI=1S/C13H14N2O/c1-2-13(16)15-9-10-7-11-5-3-4-6-12(11)14-8-10/h3-8H,2,9H2,1H3,(H,15,16). The normalized spacial score (nSPS) is 10.3. The van der Waals surface area contributed by atoms with Gasteiger partial charge < -0.3 is 5.32 Å². The van der Waals surface area contributed by atoms with Gasteiger partial charge in [-0.1, -0.05) is 25.1 Å². The fourth-order valence-corrected chi connectivity index (χ4v) is 1.54. The average molecular weight is 214 g/mol. The number of amides is 1. The summed E-state index contributed by atoms with van der Waals surface area (Å²) in [4.78, 5) is 15.5. The van der Waals surface area contributed by atoms with Gasteiger partial charge in [-0.15, -0.1) is 0 Å². The van der Waals surface area contributed by atoms with Gasteiger partial charge in [-0.25, -0.2) is 0 Å². The molecular formula is C13H14N2O. The fraction of sp³-hybridized carbons (Fsp3) is 0.231. The van der Waals surface area contributed by atoms with Crippen molar-refractivity contribution in [3.05, 3.63) is 42.1 Å². The topological polar surface area (TPSA) is 42.0 Å². The van der Waals surface area contributed by atoms with E-state index in [2.05, 4.69) is 16.4 Å². The minimum Gasteiger partial charge on any atom is -0.352 e. The number of hydrogen-bond acceptors (Lipinski definition) is 2. The zero-order valence-corrected chi connectivity index (χ0v) is 9.23. The maximum absolute atomic E-state index is 11.1. The monoisotopic (exact) mass is 214 g/mol. The van der Waals surface area contributed by atoms with E-state index in [0.29, 0.717) is 13.0 Å². The van der Waals surface area contributed by atoms with Crippen LogP contribution >= 0.6 is 0 Å². The van der Waals surface area contributed by atoms with Crippen LogP contribution in [0.25, 0.3) is 10.9 Å². The second kappa shape index (κ2) is 4.75. The maximum atomic E-state index is 11.1. The van der Waals surface area contributed by atoms with Crippen LogP contribution in [0.15, 0.2) is 36.5 Å². The first kappa shape index (κ1) is 10.6. The number of aromatic nitrogens is 1. The molecule has 2 aromatic rings. The van der Waals surface area contributed by atoms with Crippen LogP contribution in [0.4, 0.5) is 0 Å². The summed E-state index contributed by atoms with van der Waals surface area (Å²) in [6, 6.07) is 10.0. The molecule has 0 bridgehead atoms. The predicted octanol–water partition coefficient (Wildman–Crippen LogP) is 2.26. The van der Waals surface area contributed by atoms with Crippen LogP contribution in [0.3, 0.4) is 0 Å². The molecule has 1 aromatic carbocycles. The molecule has 0 spiro atoms. The average Bonchev–Trinajstić information content (AvgIpc) is 2.35. The van der Waals surface area contributed by atoms with Crippen LogP contribution in [-0.2, 0) is 11.3 Å². The minimum absolute atomic E-state index is 0.0631. The molecule has 0 aliphatic heterocycles. The fourth-order valence-electron chi connectivity index (χ4n) is 1.54. The second-order valence-electron chi connectivity index (χ2n) is 3.67. The van der Waals surface area contributed by atoms with Crippen molar-refractivity contribution in [2.75, 3.05) is 0 Å². The highest BCUT2D eigenvalue weighted by Crippen LogP contribution is 2.12. The van der Waals surface area contributed by atoms with E-state index in [0.717, 1.165) is 16.5 Å². The zero-order valence-electron chi connectivity index (χ0n) is 9.23. The summed E-state index contributed by atoms with van der Waals surface area (Å²) < 4.78 is 0. The second-order valence-corrected chi connectivity index (χ2v) is 3.67. The molecule has 0 fully saturated rings. The third-order valence-corrected chi connectivity index (χ3v) is 2.46. The van der Waals surface area contributed by atoms with Crippen LogP contribution in [0.5, 0.6) is 0 Å². The SMILES string of the molecule is CCC(=O)NCc1cnc2ccccc2c1. The van der Waals surface area contributed by atoms with Crippen molar-refractivity contribution in [1.82, 2.24) is 10.3 Å². The van der Waals surface area contributed by atoms with Gasteiger partial charge in [0.15, 0.2) is 0 Å². The molecule has 0 aliphatic carbocycles. The van der Waals surface area contributed by atoms with E-state index in [1.54, 1.807) is 6.20 Å². The van der Waals surface area contributed by atoms with Crippen LogP contribution in [0, 0.1) is 0 Å². The Morgan fingerprint density at radius 1 is 1.38 bits per heavy atom. The van der Waals surface area contributed by atoms with E-state index < -0.39 is 0 Å². The highest BCUT2D eigenvalue weighted by atomic mass is 16.1. The Kier molecular flexibility index (Phi) is 3.15. The molecule has 0 atom stereocenters. The quantitative estimate of drug-likeness (QED) is 0.851. The van der Waals surface area contributed by atoms with Crippen molar-refractivity contribution in [1.29, 1.82) is 0 Å². The van der Waals surface area contributed by atoms with E-state index in [4.69, 9.17) is 0 Å². The first-order valence-corrected chi connectivity index (χ1v) is 5.40. The van der Waals surface area contributed by atoms with Gasteiger partial charge in [-0.3, -0.25) is 9.78 Å². The first-order valence-electron chi connectivity index (χ1n) is 5.40. The van der Waals surface area contributed by atoms with Crippen molar-refractivity contribution in [2.24, 2.45) is 0 Å². The van der Waals surface area contributed by atoms with Crippen molar-refractivity contribution in [3.63, 3.8) is 0 Å². The molecule has 1 heterocycles. The summed E-state index contributed by atoms with van der Waals surface area (Å²) in [6.07, 6.45) is 2.32. The molecule has 0 unspecified atom stereocenters. The minimum atomic E-state index is 0.0631. The lowest BCUT2D eigenvalue weighted by Crippen LogP contribution is -2.21. The van der Waals surface area contributed by atoms with Gasteiger partial charge in [0.05, 0.1) is 5.52 Å². The Morgan fingerprint density at radius 2 is 2.19 bits per heavy atom. The molecule has 1 amide bonds. The van der Waals surface area contributed by atoms with Gasteiger partial charge in [0.1, 0.15) is 0 Å². The predicted molar refractivity (Wildman–Crippen MR) is 63.9 cm³/mol. The molecule has 16 heavy (non-hydrogen) atoms. The third-order valence-electron chi connectivity index (χ3n) is 2.46. The smallest absolute Gasteiger partial charge is 0.219 e. The number of benzene rings is 1. The van der Waals surface area contributed by atoms with Crippen molar-refractivity contribution >= 4 is 16.8 Å². The van der Waals surface area contributed by atoms with Crippen LogP contribution in [0.1, 0.15) is 18.9 Å². The Balaban J connectivity index is 2.16. The number of carbonyl (C=O) groups is 1. The third kappa shape index (κ3) is 2.37. The van der Waals surface area contributed by atoms with Gasteiger partial charge >= 0.3 is 0 Å². The van der Waals surface area contributed by atoms with Gasteiger partial charge in [-0.05, 0) is 17.7 Å². The highest BCUT2D eigenvalue weighted by Gasteiger charge is 1.99.